The van der Waals surface area contributed by atoms with Crippen molar-refractivity contribution in [1.82, 2.24) is 9.97 Å². The lowest BCUT2D eigenvalue weighted by molar-refractivity contribution is 1.14. The number of hydrogen-bond donors (Lipinski definition) is 0. The summed E-state index contributed by atoms with van der Waals surface area (Å²) >= 11 is 5.74. The topological polar surface area (TPSA) is 25.8 Å². The minimum atomic E-state index is 0.445. The summed E-state index contributed by atoms with van der Waals surface area (Å²) in [5, 5.41) is 0.445. The van der Waals surface area contributed by atoms with Gasteiger partial charge in [-0.3, -0.25) is 4.98 Å². The second-order valence-corrected chi connectivity index (χ2v) is 3.26. The average Bonchev–Trinajstić information content (AvgIpc) is 2.16. The number of benzene rings is 1. The van der Waals surface area contributed by atoms with E-state index in [0.717, 1.165) is 17.5 Å². The Hall–Kier alpha value is -1.15. The molecule has 0 atom stereocenters. The summed E-state index contributed by atoms with van der Waals surface area (Å²) in [7, 11) is 0. The first-order valence-electron chi connectivity index (χ1n) is 4.21. The Kier molecular flexibility index (Phi) is 2.15. The summed E-state index contributed by atoms with van der Waals surface area (Å²) < 4.78 is 0. The zero-order valence-corrected chi connectivity index (χ0v) is 8.04. The molecule has 1 aromatic heterocycles. The summed E-state index contributed by atoms with van der Waals surface area (Å²) in [5.41, 5.74) is 3.01. The first kappa shape index (κ1) is 8.45. The van der Waals surface area contributed by atoms with Gasteiger partial charge in [-0.05, 0) is 24.1 Å². The van der Waals surface area contributed by atoms with Crippen molar-refractivity contribution in [3.8, 4) is 0 Å². The minimum absolute atomic E-state index is 0.445. The molecule has 0 bridgehead atoms. The molecule has 0 saturated carbocycles. The van der Waals surface area contributed by atoms with Crippen LogP contribution in [0.5, 0.6) is 0 Å². The molecule has 0 N–H and O–H groups in total. The minimum Gasteiger partial charge on any atom is -0.251 e. The second-order valence-electron chi connectivity index (χ2n) is 2.87. The Morgan fingerprint density at radius 3 is 2.92 bits per heavy atom. The maximum Gasteiger partial charge on any atom is 0.148 e. The Morgan fingerprint density at radius 1 is 1.31 bits per heavy atom. The van der Waals surface area contributed by atoms with Crippen LogP contribution < -0.4 is 0 Å². The van der Waals surface area contributed by atoms with Gasteiger partial charge in [-0.2, -0.15) is 0 Å². The largest absolute Gasteiger partial charge is 0.251 e. The number of nitrogens with zero attached hydrogens (tertiary/aromatic N) is 2. The highest BCUT2D eigenvalue weighted by molar-refractivity contribution is 6.29. The van der Waals surface area contributed by atoms with Gasteiger partial charge in [0.05, 0.1) is 17.2 Å². The Bertz CT molecular complexity index is 440. The van der Waals surface area contributed by atoms with Crippen LogP contribution in [0.3, 0.4) is 0 Å². The van der Waals surface area contributed by atoms with Gasteiger partial charge in [0.15, 0.2) is 0 Å². The van der Waals surface area contributed by atoms with Crippen LogP contribution in [0.1, 0.15) is 12.5 Å². The van der Waals surface area contributed by atoms with E-state index in [2.05, 4.69) is 23.0 Å². The summed E-state index contributed by atoms with van der Waals surface area (Å²) in [6, 6.07) is 6.05. The van der Waals surface area contributed by atoms with E-state index in [-0.39, 0.29) is 0 Å². The van der Waals surface area contributed by atoms with Gasteiger partial charge in [-0.1, -0.05) is 24.6 Å². The monoisotopic (exact) mass is 192 g/mol. The predicted molar refractivity (Wildman–Crippen MR) is 53.9 cm³/mol. The van der Waals surface area contributed by atoms with Crippen molar-refractivity contribution in [1.29, 1.82) is 0 Å². The summed E-state index contributed by atoms with van der Waals surface area (Å²) in [4.78, 5) is 8.35. The standard InChI is InChI=1S/C10H9ClN2/c1-2-7-3-4-8-9(5-7)13-10(11)6-12-8/h3-6H,2H2,1H3. The molecule has 2 nitrogen and oxygen atoms in total. The predicted octanol–water partition coefficient (Wildman–Crippen LogP) is 2.85. The lowest BCUT2D eigenvalue weighted by Crippen LogP contribution is -1.86. The van der Waals surface area contributed by atoms with Crippen LogP contribution in [0.4, 0.5) is 0 Å². The van der Waals surface area contributed by atoms with Crippen molar-refractivity contribution in [3.05, 3.63) is 35.1 Å². The molecule has 0 unspecified atom stereocenters. The van der Waals surface area contributed by atoms with Crippen LogP contribution >= 0.6 is 11.6 Å². The van der Waals surface area contributed by atoms with Gasteiger partial charge >= 0.3 is 0 Å². The molecule has 2 rings (SSSR count). The van der Waals surface area contributed by atoms with Gasteiger partial charge in [-0.15, -0.1) is 0 Å². The number of hydrogen-bond acceptors (Lipinski definition) is 2. The molecule has 2 aromatic rings. The number of aromatic nitrogens is 2. The second kappa shape index (κ2) is 3.30. The third-order valence-corrected chi connectivity index (χ3v) is 2.17. The smallest absolute Gasteiger partial charge is 0.148 e. The van der Waals surface area contributed by atoms with Crippen molar-refractivity contribution in [2.24, 2.45) is 0 Å². The molecule has 66 valence electrons. The number of aryl methyl sites for hydroxylation is 1. The van der Waals surface area contributed by atoms with Gasteiger partial charge in [0, 0.05) is 0 Å². The van der Waals surface area contributed by atoms with E-state index in [9.17, 15) is 0 Å². The van der Waals surface area contributed by atoms with Gasteiger partial charge in [0.1, 0.15) is 5.15 Å². The van der Waals surface area contributed by atoms with E-state index in [1.807, 2.05) is 12.1 Å². The van der Waals surface area contributed by atoms with E-state index in [0.29, 0.717) is 5.15 Å². The van der Waals surface area contributed by atoms with Crippen molar-refractivity contribution < 1.29 is 0 Å². The van der Waals surface area contributed by atoms with Crippen LogP contribution in [0.25, 0.3) is 11.0 Å². The Balaban J connectivity index is 2.68. The molecule has 1 aromatic carbocycles. The molecule has 0 aliphatic heterocycles. The molecule has 0 fully saturated rings. The maximum atomic E-state index is 5.74. The number of fused-ring (bicyclic) bond motifs is 1. The fourth-order valence-corrected chi connectivity index (χ4v) is 1.39. The zero-order chi connectivity index (χ0) is 9.26. The summed E-state index contributed by atoms with van der Waals surface area (Å²) in [6.45, 7) is 2.11. The van der Waals surface area contributed by atoms with Gasteiger partial charge < -0.3 is 0 Å². The molecule has 13 heavy (non-hydrogen) atoms. The van der Waals surface area contributed by atoms with Crippen LogP contribution in [0.2, 0.25) is 5.15 Å². The van der Waals surface area contributed by atoms with Gasteiger partial charge in [-0.25, -0.2) is 4.98 Å². The molecular formula is C10H9ClN2. The van der Waals surface area contributed by atoms with Crippen LogP contribution in [-0.2, 0) is 6.42 Å². The molecule has 0 saturated heterocycles. The Morgan fingerprint density at radius 2 is 2.15 bits per heavy atom. The lowest BCUT2D eigenvalue weighted by Gasteiger charge is -1.99. The zero-order valence-electron chi connectivity index (χ0n) is 7.29. The van der Waals surface area contributed by atoms with Crippen LogP contribution in [-0.4, -0.2) is 9.97 Å². The van der Waals surface area contributed by atoms with E-state index in [4.69, 9.17) is 11.6 Å². The normalized spacial score (nSPS) is 10.6. The fraction of sp³-hybridized carbons (Fsp3) is 0.200. The molecule has 0 aliphatic carbocycles. The van der Waals surface area contributed by atoms with E-state index < -0.39 is 0 Å². The summed E-state index contributed by atoms with van der Waals surface area (Å²) in [6.07, 6.45) is 2.57. The maximum absolute atomic E-state index is 5.74. The highest BCUT2D eigenvalue weighted by atomic mass is 35.5. The van der Waals surface area contributed by atoms with E-state index >= 15 is 0 Å². The van der Waals surface area contributed by atoms with Crippen molar-refractivity contribution in [2.45, 2.75) is 13.3 Å². The fourth-order valence-electron chi connectivity index (χ4n) is 1.25. The highest BCUT2D eigenvalue weighted by Crippen LogP contribution is 2.14. The molecule has 1 heterocycles. The van der Waals surface area contributed by atoms with Crippen LogP contribution in [0, 0.1) is 0 Å². The van der Waals surface area contributed by atoms with Gasteiger partial charge in [0.2, 0.25) is 0 Å². The first-order valence-corrected chi connectivity index (χ1v) is 4.58. The Labute approximate surface area is 81.6 Å². The van der Waals surface area contributed by atoms with Gasteiger partial charge in [0.25, 0.3) is 0 Å². The molecule has 0 spiro atoms. The van der Waals surface area contributed by atoms with Crippen molar-refractivity contribution in [2.75, 3.05) is 0 Å². The third-order valence-electron chi connectivity index (χ3n) is 1.99. The highest BCUT2D eigenvalue weighted by Gasteiger charge is 1.98. The molecular weight excluding hydrogens is 184 g/mol. The molecule has 0 amide bonds. The SMILES string of the molecule is CCc1ccc2ncc(Cl)nc2c1. The lowest BCUT2D eigenvalue weighted by atomic mass is 10.1. The number of rotatable bonds is 1. The molecule has 3 heteroatoms. The number of halogens is 1. The summed E-state index contributed by atoms with van der Waals surface area (Å²) in [5.74, 6) is 0. The average molecular weight is 193 g/mol. The molecule has 0 aliphatic rings. The first-order chi connectivity index (χ1) is 6.29. The quantitative estimate of drug-likeness (QED) is 0.695. The van der Waals surface area contributed by atoms with Crippen molar-refractivity contribution >= 4 is 22.6 Å². The van der Waals surface area contributed by atoms with E-state index in [1.165, 1.54) is 5.56 Å². The third kappa shape index (κ3) is 1.63. The molecule has 0 radical (unpaired) electrons. The van der Waals surface area contributed by atoms with E-state index in [1.54, 1.807) is 6.20 Å². The van der Waals surface area contributed by atoms with Crippen LogP contribution in [0.15, 0.2) is 24.4 Å². The van der Waals surface area contributed by atoms with Crippen molar-refractivity contribution in [3.63, 3.8) is 0 Å².